The van der Waals surface area contributed by atoms with Crippen LogP contribution in [-0.4, -0.2) is 4.57 Å². The number of hydrogen-bond donors (Lipinski definition) is 0. The maximum absolute atomic E-state index is 6.33. The van der Waals surface area contributed by atoms with E-state index in [1.54, 1.807) is 0 Å². The van der Waals surface area contributed by atoms with Crippen LogP contribution >= 0.6 is 0 Å². The summed E-state index contributed by atoms with van der Waals surface area (Å²) in [7, 11) is 0. The van der Waals surface area contributed by atoms with Gasteiger partial charge in [0.2, 0.25) is 0 Å². The van der Waals surface area contributed by atoms with Crippen molar-refractivity contribution in [3.63, 3.8) is 0 Å². The van der Waals surface area contributed by atoms with Crippen molar-refractivity contribution < 1.29 is 25.6 Å². The van der Waals surface area contributed by atoms with E-state index in [9.17, 15) is 0 Å². The Kier molecular flexibility index (Phi) is 6.40. The molecule has 3 heteroatoms. The summed E-state index contributed by atoms with van der Waals surface area (Å²) in [5.41, 5.74) is 15.8. The van der Waals surface area contributed by atoms with E-state index in [0.717, 1.165) is 16.6 Å². The van der Waals surface area contributed by atoms with E-state index in [1.165, 1.54) is 84.5 Å². The molecule has 0 spiro atoms. The van der Waals surface area contributed by atoms with Gasteiger partial charge in [-0.25, -0.2) is 0 Å². The minimum atomic E-state index is -0.446. The first-order chi connectivity index (χ1) is 25.3. The molecule has 8 aromatic carbocycles. The standard InChI is InChI=1S/C48H29INO/c1-3-12-30(13-4-1)32-24-26-41-38(28-32)39-29-33(31-14-5-2-6-15-31)25-27-42(39)50(41)43-21-10-19-37-46-34(17-9-20-40(46)49-48(37)43)35-18-11-23-45-47(35)36-16-7-8-22-44(36)51-45/h1-29H/q-1. The summed E-state index contributed by atoms with van der Waals surface area (Å²) >= 11 is -0.446. The van der Waals surface area contributed by atoms with Crippen molar-refractivity contribution in [1.29, 1.82) is 0 Å². The Morgan fingerprint density at radius 1 is 0.412 bits per heavy atom. The second kappa shape index (κ2) is 11.3. The van der Waals surface area contributed by atoms with E-state index in [-0.39, 0.29) is 0 Å². The van der Waals surface area contributed by atoms with Gasteiger partial charge in [-0.05, 0) is 0 Å². The molecule has 51 heavy (non-hydrogen) atoms. The summed E-state index contributed by atoms with van der Waals surface area (Å²) in [4.78, 5) is 0. The number of furan rings is 1. The van der Waals surface area contributed by atoms with Crippen LogP contribution in [0.3, 0.4) is 0 Å². The van der Waals surface area contributed by atoms with Crippen molar-refractivity contribution in [2.75, 3.05) is 0 Å². The van der Waals surface area contributed by atoms with Crippen LogP contribution in [0.4, 0.5) is 0 Å². The first kappa shape index (κ1) is 28.9. The third-order valence-electron chi connectivity index (χ3n) is 10.4. The number of hydrogen-bond acceptors (Lipinski definition) is 1. The zero-order chi connectivity index (χ0) is 33.5. The Balaban J connectivity index is 1.15. The molecule has 1 aliphatic heterocycles. The SMILES string of the molecule is c1ccc(-c2ccc3c(c2)c2cc(-c4ccccc4)ccc2n3-c2cccc3c2[I-]c2cccc(-c4cccc5oc6ccccc6c45)c2-3)cc1. The van der Waals surface area contributed by atoms with Crippen molar-refractivity contribution >= 4 is 43.7 Å². The van der Waals surface area contributed by atoms with Crippen molar-refractivity contribution in [2.24, 2.45) is 0 Å². The summed E-state index contributed by atoms with van der Waals surface area (Å²) in [6, 6.07) is 64.2. The van der Waals surface area contributed by atoms with Crippen LogP contribution in [0.2, 0.25) is 0 Å². The Bertz CT molecular complexity index is 2890. The molecular formula is C48H29INO-. The van der Waals surface area contributed by atoms with Gasteiger partial charge in [0.05, 0.1) is 0 Å². The number of halogens is 1. The zero-order valence-corrected chi connectivity index (χ0v) is 29.6. The molecule has 0 radical (unpaired) electrons. The average molecular weight is 763 g/mol. The molecule has 0 atom stereocenters. The molecule has 11 rings (SSSR count). The molecule has 2 nitrogen and oxygen atoms in total. The van der Waals surface area contributed by atoms with Crippen LogP contribution in [0.15, 0.2) is 180 Å². The summed E-state index contributed by atoms with van der Waals surface area (Å²) in [6.45, 7) is 0. The van der Waals surface area contributed by atoms with Gasteiger partial charge < -0.3 is 0 Å². The fourth-order valence-electron chi connectivity index (χ4n) is 8.09. The molecule has 0 fully saturated rings. The number of aromatic nitrogens is 1. The summed E-state index contributed by atoms with van der Waals surface area (Å²) < 4.78 is 11.8. The number of rotatable bonds is 4. The van der Waals surface area contributed by atoms with Crippen LogP contribution in [0, 0.1) is 7.14 Å². The molecule has 0 bridgehead atoms. The molecule has 0 amide bonds. The van der Waals surface area contributed by atoms with Crippen LogP contribution in [0.5, 0.6) is 0 Å². The quantitative estimate of drug-likeness (QED) is 0.164. The molecule has 3 heterocycles. The van der Waals surface area contributed by atoms with Gasteiger partial charge in [0.25, 0.3) is 0 Å². The minimum absolute atomic E-state index is 0.446. The monoisotopic (exact) mass is 762 g/mol. The molecule has 240 valence electrons. The number of nitrogens with zero attached hydrogens (tertiary/aromatic N) is 1. The number of benzene rings is 8. The first-order valence-electron chi connectivity index (χ1n) is 17.3. The maximum atomic E-state index is 6.33. The number of para-hydroxylation sites is 1. The Morgan fingerprint density at radius 2 is 1.00 bits per heavy atom. The van der Waals surface area contributed by atoms with Gasteiger partial charge in [-0.2, -0.15) is 0 Å². The fourth-order valence-corrected chi connectivity index (χ4v) is 11.3. The molecule has 10 aromatic rings. The van der Waals surface area contributed by atoms with Crippen LogP contribution in [0.25, 0.3) is 93.9 Å². The molecular weight excluding hydrogens is 733 g/mol. The van der Waals surface area contributed by atoms with E-state index in [1.807, 2.05) is 6.07 Å². The average Bonchev–Trinajstić information content (AvgIpc) is 3.88. The van der Waals surface area contributed by atoms with Gasteiger partial charge in [-0.3, -0.25) is 0 Å². The van der Waals surface area contributed by atoms with E-state index >= 15 is 0 Å². The fraction of sp³-hybridized carbons (Fsp3) is 0. The molecule has 2 aromatic heterocycles. The van der Waals surface area contributed by atoms with Gasteiger partial charge in [-0.15, -0.1) is 0 Å². The topological polar surface area (TPSA) is 18.1 Å². The van der Waals surface area contributed by atoms with Crippen LogP contribution in [0.1, 0.15) is 0 Å². The van der Waals surface area contributed by atoms with Crippen molar-refractivity contribution in [3.05, 3.63) is 183 Å². The van der Waals surface area contributed by atoms with Gasteiger partial charge in [-0.1, -0.05) is 0 Å². The molecule has 0 unspecified atom stereocenters. The van der Waals surface area contributed by atoms with Gasteiger partial charge in [0.1, 0.15) is 0 Å². The first-order valence-corrected chi connectivity index (χ1v) is 19.5. The number of fused-ring (bicyclic) bond motifs is 9. The summed E-state index contributed by atoms with van der Waals surface area (Å²) in [6.07, 6.45) is 0. The molecule has 0 saturated carbocycles. The van der Waals surface area contributed by atoms with E-state index in [0.29, 0.717) is 0 Å². The Hall–Kier alpha value is -5.91. The third-order valence-corrected chi connectivity index (χ3v) is 13.5. The van der Waals surface area contributed by atoms with Crippen molar-refractivity contribution in [2.45, 2.75) is 0 Å². The molecule has 0 N–H and O–H groups in total. The van der Waals surface area contributed by atoms with Gasteiger partial charge >= 0.3 is 307 Å². The second-order valence-electron chi connectivity index (χ2n) is 13.2. The predicted octanol–water partition coefficient (Wildman–Crippen LogP) is 9.79. The molecule has 1 aliphatic rings. The predicted molar refractivity (Wildman–Crippen MR) is 207 cm³/mol. The zero-order valence-electron chi connectivity index (χ0n) is 27.5. The van der Waals surface area contributed by atoms with Crippen molar-refractivity contribution in [1.82, 2.24) is 4.57 Å². The van der Waals surface area contributed by atoms with E-state index < -0.39 is 21.2 Å². The van der Waals surface area contributed by atoms with Crippen LogP contribution in [-0.2, 0) is 0 Å². The normalized spacial score (nSPS) is 12.4. The van der Waals surface area contributed by atoms with E-state index in [4.69, 9.17) is 4.42 Å². The Morgan fingerprint density at radius 3 is 1.73 bits per heavy atom. The third kappa shape index (κ3) is 4.41. The van der Waals surface area contributed by atoms with Gasteiger partial charge in [0, 0.05) is 0 Å². The van der Waals surface area contributed by atoms with Crippen molar-refractivity contribution in [3.8, 4) is 50.2 Å². The Labute approximate surface area is 305 Å². The summed E-state index contributed by atoms with van der Waals surface area (Å²) in [5, 5.41) is 4.90. The van der Waals surface area contributed by atoms with Gasteiger partial charge in [0.15, 0.2) is 0 Å². The van der Waals surface area contributed by atoms with Crippen LogP contribution < -0.4 is 21.2 Å². The second-order valence-corrected chi connectivity index (χ2v) is 16.0. The summed E-state index contributed by atoms with van der Waals surface area (Å²) in [5.74, 6) is 0. The molecule has 0 aliphatic carbocycles. The van der Waals surface area contributed by atoms with E-state index in [2.05, 4.69) is 174 Å². The molecule has 0 saturated heterocycles.